The van der Waals surface area contributed by atoms with Crippen LogP contribution in [0.3, 0.4) is 0 Å². The lowest BCUT2D eigenvalue weighted by atomic mass is 10.3. The fraction of sp³-hybridized carbons (Fsp3) is 0.533. The minimum absolute atomic E-state index is 0.231. The highest BCUT2D eigenvalue weighted by Gasteiger charge is 2.36. The fourth-order valence-corrected chi connectivity index (χ4v) is 2.57. The van der Waals surface area contributed by atoms with E-state index in [0.717, 1.165) is 17.3 Å². The molecule has 7 nitrogen and oxygen atoms in total. The standard InChI is InChI=1S/C15H18N6O/c1-9-6-17-12(7-16-9)15(22)18-8-13-19-20-14(10-2-3-10)21(13)11-4-5-11/h6-7,10-11H,2-5,8H2,1H3,(H,18,22). The molecule has 114 valence electrons. The Morgan fingerprint density at radius 3 is 2.68 bits per heavy atom. The number of amides is 1. The molecule has 0 spiro atoms. The van der Waals surface area contributed by atoms with E-state index in [0.29, 0.717) is 24.2 Å². The van der Waals surface area contributed by atoms with E-state index < -0.39 is 0 Å². The van der Waals surface area contributed by atoms with Gasteiger partial charge in [0.15, 0.2) is 5.82 Å². The molecule has 2 aromatic rings. The molecule has 4 rings (SSSR count). The van der Waals surface area contributed by atoms with Gasteiger partial charge in [0.25, 0.3) is 5.91 Å². The predicted octanol–water partition coefficient (Wildman–Crippen LogP) is 1.52. The first-order valence-electron chi connectivity index (χ1n) is 7.73. The summed E-state index contributed by atoms with van der Waals surface area (Å²) in [4.78, 5) is 20.3. The molecule has 0 saturated heterocycles. The van der Waals surface area contributed by atoms with E-state index in [1.165, 1.54) is 31.9 Å². The molecule has 7 heteroatoms. The predicted molar refractivity (Wildman–Crippen MR) is 78.2 cm³/mol. The SMILES string of the molecule is Cc1cnc(C(=O)NCc2nnc(C3CC3)n2C2CC2)cn1. The Kier molecular flexibility index (Phi) is 3.13. The third-order valence-electron chi connectivity index (χ3n) is 4.07. The Morgan fingerprint density at radius 2 is 2.05 bits per heavy atom. The van der Waals surface area contributed by atoms with E-state index in [-0.39, 0.29) is 5.91 Å². The van der Waals surface area contributed by atoms with Crippen molar-refractivity contribution in [1.29, 1.82) is 0 Å². The first-order valence-corrected chi connectivity index (χ1v) is 7.73. The molecule has 0 radical (unpaired) electrons. The minimum Gasteiger partial charge on any atom is -0.343 e. The zero-order chi connectivity index (χ0) is 15.1. The number of carbonyl (C=O) groups excluding carboxylic acids is 1. The number of hydrogen-bond donors (Lipinski definition) is 1. The molecule has 2 saturated carbocycles. The van der Waals surface area contributed by atoms with Gasteiger partial charge in [0.1, 0.15) is 11.5 Å². The molecule has 0 aromatic carbocycles. The summed E-state index contributed by atoms with van der Waals surface area (Å²) in [5, 5.41) is 11.5. The number of aromatic nitrogens is 5. The van der Waals surface area contributed by atoms with E-state index in [9.17, 15) is 4.79 Å². The molecule has 0 bridgehead atoms. The Labute approximate surface area is 128 Å². The van der Waals surface area contributed by atoms with Gasteiger partial charge in [-0.2, -0.15) is 0 Å². The van der Waals surface area contributed by atoms with Gasteiger partial charge in [0, 0.05) is 18.2 Å². The third-order valence-corrected chi connectivity index (χ3v) is 4.07. The second kappa shape index (κ2) is 5.15. The first kappa shape index (κ1) is 13.4. The van der Waals surface area contributed by atoms with Gasteiger partial charge in [-0.25, -0.2) is 4.98 Å². The normalized spacial score (nSPS) is 17.5. The third kappa shape index (κ3) is 2.58. The van der Waals surface area contributed by atoms with Crippen LogP contribution in [0, 0.1) is 6.92 Å². The van der Waals surface area contributed by atoms with Crippen molar-refractivity contribution in [1.82, 2.24) is 30.0 Å². The zero-order valence-corrected chi connectivity index (χ0v) is 12.5. The van der Waals surface area contributed by atoms with E-state index in [2.05, 4.69) is 30.0 Å². The highest BCUT2D eigenvalue weighted by atomic mass is 16.1. The van der Waals surface area contributed by atoms with Crippen molar-refractivity contribution in [2.24, 2.45) is 0 Å². The van der Waals surface area contributed by atoms with Crippen LogP contribution in [0.4, 0.5) is 0 Å². The maximum absolute atomic E-state index is 12.1. The van der Waals surface area contributed by atoms with Gasteiger partial charge in [-0.05, 0) is 32.6 Å². The molecule has 2 aromatic heterocycles. The molecule has 2 fully saturated rings. The van der Waals surface area contributed by atoms with Crippen molar-refractivity contribution < 1.29 is 4.79 Å². The van der Waals surface area contributed by atoms with Crippen LogP contribution in [-0.2, 0) is 6.54 Å². The maximum atomic E-state index is 12.1. The van der Waals surface area contributed by atoms with E-state index in [1.54, 1.807) is 6.20 Å². The molecule has 2 heterocycles. The van der Waals surface area contributed by atoms with Gasteiger partial charge in [-0.15, -0.1) is 10.2 Å². The van der Waals surface area contributed by atoms with E-state index in [1.807, 2.05) is 6.92 Å². The summed E-state index contributed by atoms with van der Waals surface area (Å²) in [6.45, 7) is 2.22. The van der Waals surface area contributed by atoms with Crippen LogP contribution in [0.2, 0.25) is 0 Å². The number of carbonyl (C=O) groups is 1. The number of rotatable bonds is 5. The van der Waals surface area contributed by atoms with Crippen LogP contribution in [0.25, 0.3) is 0 Å². The highest BCUT2D eigenvalue weighted by molar-refractivity contribution is 5.91. The van der Waals surface area contributed by atoms with Crippen LogP contribution >= 0.6 is 0 Å². The lowest BCUT2D eigenvalue weighted by Gasteiger charge is -2.09. The summed E-state index contributed by atoms with van der Waals surface area (Å²) in [6.07, 6.45) is 7.86. The van der Waals surface area contributed by atoms with Crippen molar-refractivity contribution >= 4 is 5.91 Å². The summed E-state index contributed by atoms with van der Waals surface area (Å²) < 4.78 is 2.23. The lowest BCUT2D eigenvalue weighted by molar-refractivity contribution is 0.0944. The second-order valence-corrected chi connectivity index (χ2v) is 6.08. The van der Waals surface area contributed by atoms with Crippen molar-refractivity contribution in [2.45, 2.75) is 51.1 Å². The second-order valence-electron chi connectivity index (χ2n) is 6.08. The molecule has 0 unspecified atom stereocenters. The summed E-state index contributed by atoms with van der Waals surface area (Å²) >= 11 is 0. The van der Waals surface area contributed by atoms with Gasteiger partial charge >= 0.3 is 0 Å². The quantitative estimate of drug-likeness (QED) is 0.904. The fourth-order valence-electron chi connectivity index (χ4n) is 2.57. The maximum Gasteiger partial charge on any atom is 0.271 e. The van der Waals surface area contributed by atoms with E-state index in [4.69, 9.17) is 0 Å². The van der Waals surface area contributed by atoms with Gasteiger partial charge in [0.05, 0.1) is 18.4 Å². The number of nitrogens with zero attached hydrogens (tertiary/aromatic N) is 5. The van der Waals surface area contributed by atoms with Gasteiger partial charge in [0.2, 0.25) is 0 Å². The van der Waals surface area contributed by atoms with Crippen LogP contribution in [-0.4, -0.2) is 30.6 Å². The van der Waals surface area contributed by atoms with Crippen molar-refractivity contribution in [3.05, 3.63) is 35.4 Å². The largest absolute Gasteiger partial charge is 0.343 e. The summed E-state index contributed by atoms with van der Waals surface area (Å²) in [6, 6.07) is 0.525. The number of nitrogens with one attached hydrogen (secondary N) is 1. The number of hydrogen-bond acceptors (Lipinski definition) is 5. The van der Waals surface area contributed by atoms with Crippen LogP contribution in [0.5, 0.6) is 0 Å². The van der Waals surface area contributed by atoms with Crippen LogP contribution < -0.4 is 5.32 Å². The summed E-state index contributed by atoms with van der Waals surface area (Å²) in [7, 11) is 0. The van der Waals surface area contributed by atoms with Gasteiger partial charge in [-0.1, -0.05) is 0 Å². The Hall–Kier alpha value is -2.31. The average Bonchev–Trinajstić information content (AvgIpc) is 3.44. The summed E-state index contributed by atoms with van der Waals surface area (Å²) in [5.74, 6) is 2.28. The zero-order valence-electron chi connectivity index (χ0n) is 12.5. The molecule has 1 N–H and O–H groups in total. The Bertz CT molecular complexity index is 699. The van der Waals surface area contributed by atoms with Gasteiger partial charge < -0.3 is 9.88 Å². The smallest absolute Gasteiger partial charge is 0.271 e. The summed E-state index contributed by atoms with van der Waals surface area (Å²) in [5.41, 5.74) is 1.12. The lowest BCUT2D eigenvalue weighted by Crippen LogP contribution is -2.26. The molecular weight excluding hydrogens is 280 g/mol. The Morgan fingerprint density at radius 1 is 1.23 bits per heavy atom. The molecule has 22 heavy (non-hydrogen) atoms. The molecule has 0 atom stereocenters. The van der Waals surface area contributed by atoms with Gasteiger partial charge in [-0.3, -0.25) is 9.78 Å². The van der Waals surface area contributed by atoms with Crippen LogP contribution in [0.15, 0.2) is 12.4 Å². The minimum atomic E-state index is -0.231. The van der Waals surface area contributed by atoms with Crippen molar-refractivity contribution in [2.75, 3.05) is 0 Å². The average molecular weight is 298 g/mol. The number of aryl methyl sites for hydroxylation is 1. The molecule has 2 aliphatic rings. The van der Waals surface area contributed by atoms with Crippen LogP contribution in [0.1, 0.15) is 65.5 Å². The molecule has 0 aliphatic heterocycles. The molecule has 2 aliphatic carbocycles. The monoisotopic (exact) mass is 298 g/mol. The molecule has 1 amide bonds. The topological polar surface area (TPSA) is 85.6 Å². The Balaban J connectivity index is 1.47. The van der Waals surface area contributed by atoms with Crippen molar-refractivity contribution in [3.8, 4) is 0 Å². The highest BCUT2D eigenvalue weighted by Crippen LogP contribution is 2.44. The molecular formula is C15H18N6O. The van der Waals surface area contributed by atoms with Crippen molar-refractivity contribution in [3.63, 3.8) is 0 Å². The van der Waals surface area contributed by atoms with E-state index >= 15 is 0 Å². The first-order chi connectivity index (χ1) is 10.7.